The molecule has 0 radical (unpaired) electrons. The van der Waals surface area contributed by atoms with Crippen LogP contribution < -0.4 is 0 Å². The van der Waals surface area contributed by atoms with Crippen LogP contribution in [0.5, 0.6) is 0 Å². The van der Waals surface area contributed by atoms with Gasteiger partial charge in [0, 0.05) is 10.1 Å². The third-order valence-electron chi connectivity index (χ3n) is 1.83. The van der Waals surface area contributed by atoms with Crippen molar-refractivity contribution in [1.29, 1.82) is 0 Å². The molecule has 0 unspecified atom stereocenters. The Kier molecular flexibility index (Phi) is 4.37. The third kappa shape index (κ3) is 3.86. The first-order valence-electron chi connectivity index (χ1n) is 4.98. The van der Waals surface area contributed by atoms with Crippen molar-refractivity contribution >= 4 is 11.8 Å². The maximum atomic E-state index is 2.24. The number of hydrogen-bond acceptors (Lipinski definition) is 1. The highest BCUT2D eigenvalue weighted by atomic mass is 32.2. The predicted octanol–water partition coefficient (Wildman–Crippen LogP) is 4.14. The van der Waals surface area contributed by atoms with Crippen LogP contribution in [-0.2, 0) is 6.42 Å². The van der Waals surface area contributed by atoms with Gasteiger partial charge in [-0.05, 0) is 24.1 Å². The molecule has 0 aliphatic carbocycles. The molecule has 0 fully saturated rings. The molecule has 0 aliphatic heterocycles. The lowest BCUT2D eigenvalue weighted by atomic mass is 10.1. The van der Waals surface area contributed by atoms with Crippen LogP contribution in [0.25, 0.3) is 0 Å². The second-order valence-electron chi connectivity index (χ2n) is 3.56. The van der Waals surface area contributed by atoms with Crippen molar-refractivity contribution in [2.24, 2.45) is 0 Å². The number of rotatable bonds is 4. The lowest BCUT2D eigenvalue weighted by Gasteiger charge is -2.05. The van der Waals surface area contributed by atoms with Crippen LogP contribution in [0.3, 0.4) is 0 Å². The Morgan fingerprint density at radius 2 is 1.77 bits per heavy atom. The molecule has 0 spiro atoms. The van der Waals surface area contributed by atoms with Gasteiger partial charge in [-0.2, -0.15) is 0 Å². The van der Waals surface area contributed by atoms with Crippen molar-refractivity contribution in [3.63, 3.8) is 0 Å². The van der Waals surface area contributed by atoms with E-state index in [0.29, 0.717) is 5.25 Å². The van der Waals surface area contributed by atoms with Crippen LogP contribution in [0.2, 0.25) is 0 Å². The van der Waals surface area contributed by atoms with Gasteiger partial charge in [0.15, 0.2) is 0 Å². The Hall–Kier alpha value is -0.430. The molecule has 0 amide bonds. The molecular formula is C12H18S. The normalized spacial score (nSPS) is 10.8. The fourth-order valence-electron chi connectivity index (χ4n) is 1.30. The summed E-state index contributed by atoms with van der Waals surface area (Å²) in [5, 5.41) is 0.678. The second kappa shape index (κ2) is 5.33. The molecular weight excluding hydrogens is 176 g/mol. The highest BCUT2D eigenvalue weighted by molar-refractivity contribution is 7.99. The SMILES string of the molecule is CCCc1ccc(SC(C)C)cc1. The van der Waals surface area contributed by atoms with Gasteiger partial charge in [0.1, 0.15) is 0 Å². The molecule has 0 saturated carbocycles. The van der Waals surface area contributed by atoms with E-state index in [1.165, 1.54) is 23.3 Å². The van der Waals surface area contributed by atoms with Gasteiger partial charge < -0.3 is 0 Å². The molecule has 0 aromatic heterocycles. The van der Waals surface area contributed by atoms with E-state index in [1.807, 2.05) is 11.8 Å². The topological polar surface area (TPSA) is 0 Å². The zero-order valence-corrected chi connectivity index (χ0v) is 9.53. The predicted molar refractivity (Wildman–Crippen MR) is 61.4 cm³/mol. The van der Waals surface area contributed by atoms with E-state index in [9.17, 15) is 0 Å². The summed E-state index contributed by atoms with van der Waals surface area (Å²) < 4.78 is 0. The van der Waals surface area contributed by atoms with Crippen LogP contribution in [0.15, 0.2) is 29.2 Å². The van der Waals surface area contributed by atoms with Crippen LogP contribution in [0.1, 0.15) is 32.8 Å². The molecule has 0 bridgehead atoms. The summed E-state index contributed by atoms with van der Waals surface area (Å²) in [6, 6.07) is 8.95. The van der Waals surface area contributed by atoms with Crippen molar-refractivity contribution in [1.82, 2.24) is 0 Å². The van der Waals surface area contributed by atoms with Gasteiger partial charge in [0.2, 0.25) is 0 Å². The van der Waals surface area contributed by atoms with Gasteiger partial charge in [0.25, 0.3) is 0 Å². The second-order valence-corrected chi connectivity index (χ2v) is 5.21. The number of benzene rings is 1. The monoisotopic (exact) mass is 194 g/mol. The van der Waals surface area contributed by atoms with E-state index < -0.39 is 0 Å². The van der Waals surface area contributed by atoms with E-state index in [4.69, 9.17) is 0 Å². The number of hydrogen-bond donors (Lipinski definition) is 0. The van der Waals surface area contributed by atoms with E-state index in [1.54, 1.807) is 0 Å². The first-order chi connectivity index (χ1) is 6.22. The fourth-order valence-corrected chi connectivity index (χ4v) is 2.13. The maximum absolute atomic E-state index is 2.24. The Balaban J connectivity index is 2.59. The standard InChI is InChI=1S/C12H18S/c1-4-5-11-6-8-12(9-7-11)13-10(2)3/h6-10H,4-5H2,1-3H3. The van der Waals surface area contributed by atoms with E-state index >= 15 is 0 Å². The van der Waals surface area contributed by atoms with Gasteiger partial charge in [-0.25, -0.2) is 0 Å². The quantitative estimate of drug-likeness (QED) is 0.649. The van der Waals surface area contributed by atoms with Gasteiger partial charge >= 0.3 is 0 Å². The van der Waals surface area contributed by atoms with Gasteiger partial charge in [-0.1, -0.05) is 39.3 Å². The molecule has 0 aliphatic rings. The van der Waals surface area contributed by atoms with Crippen LogP contribution in [0.4, 0.5) is 0 Å². The highest BCUT2D eigenvalue weighted by Gasteiger charge is 1.97. The van der Waals surface area contributed by atoms with E-state index in [0.717, 1.165) is 0 Å². The largest absolute Gasteiger partial charge is 0.123 e. The Bertz CT molecular complexity index is 236. The molecule has 0 nitrogen and oxygen atoms in total. The zero-order chi connectivity index (χ0) is 9.68. The Labute approximate surface area is 85.7 Å². The molecule has 1 rings (SSSR count). The summed E-state index contributed by atoms with van der Waals surface area (Å²) in [6.45, 7) is 6.67. The average molecular weight is 194 g/mol. The van der Waals surface area contributed by atoms with Crippen molar-refractivity contribution in [3.8, 4) is 0 Å². The van der Waals surface area contributed by atoms with Gasteiger partial charge in [-0.3, -0.25) is 0 Å². The van der Waals surface area contributed by atoms with Crippen molar-refractivity contribution in [2.45, 2.75) is 43.8 Å². The molecule has 1 heteroatoms. The molecule has 13 heavy (non-hydrogen) atoms. The number of thioether (sulfide) groups is 1. The first kappa shape index (κ1) is 10.6. The molecule has 0 heterocycles. The van der Waals surface area contributed by atoms with Crippen LogP contribution in [0, 0.1) is 0 Å². The van der Waals surface area contributed by atoms with Crippen molar-refractivity contribution in [2.75, 3.05) is 0 Å². The third-order valence-corrected chi connectivity index (χ3v) is 2.85. The number of aryl methyl sites for hydroxylation is 1. The summed E-state index contributed by atoms with van der Waals surface area (Å²) in [5.41, 5.74) is 1.45. The minimum absolute atomic E-state index is 0.678. The Morgan fingerprint density at radius 3 is 2.23 bits per heavy atom. The summed E-state index contributed by atoms with van der Waals surface area (Å²) in [4.78, 5) is 1.38. The van der Waals surface area contributed by atoms with Gasteiger partial charge in [-0.15, -0.1) is 11.8 Å². The van der Waals surface area contributed by atoms with E-state index in [2.05, 4.69) is 45.0 Å². The molecule has 1 aromatic carbocycles. The molecule has 72 valence electrons. The van der Waals surface area contributed by atoms with Crippen molar-refractivity contribution < 1.29 is 0 Å². The highest BCUT2D eigenvalue weighted by Crippen LogP contribution is 2.22. The first-order valence-corrected chi connectivity index (χ1v) is 5.86. The zero-order valence-electron chi connectivity index (χ0n) is 8.71. The lowest BCUT2D eigenvalue weighted by Crippen LogP contribution is -1.87. The van der Waals surface area contributed by atoms with Crippen molar-refractivity contribution in [3.05, 3.63) is 29.8 Å². The maximum Gasteiger partial charge on any atom is 0.00747 e. The van der Waals surface area contributed by atoms with Crippen LogP contribution >= 0.6 is 11.8 Å². The van der Waals surface area contributed by atoms with E-state index in [-0.39, 0.29) is 0 Å². The van der Waals surface area contributed by atoms with Crippen LogP contribution in [-0.4, -0.2) is 5.25 Å². The minimum Gasteiger partial charge on any atom is -0.123 e. The summed E-state index contributed by atoms with van der Waals surface area (Å²) in [5.74, 6) is 0. The van der Waals surface area contributed by atoms with Gasteiger partial charge in [0.05, 0.1) is 0 Å². The molecule has 1 aromatic rings. The molecule has 0 N–H and O–H groups in total. The summed E-state index contributed by atoms with van der Waals surface area (Å²) in [6.07, 6.45) is 2.43. The average Bonchev–Trinajstić information content (AvgIpc) is 2.08. The Morgan fingerprint density at radius 1 is 1.15 bits per heavy atom. The minimum atomic E-state index is 0.678. The summed E-state index contributed by atoms with van der Waals surface area (Å²) >= 11 is 1.93. The molecule has 0 atom stereocenters. The summed E-state index contributed by atoms with van der Waals surface area (Å²) in [7, 11) is 0. The lowest BCUT2D eigenvalue weighted by molar-refractivity contribution is 0.920. The fraction of sp³-hybridized carbons (Fsp3) is 0.500. The smallest absolute Gasteiger partial charge is 0.00747 e. The molecule has 0 saturated heterocycles.